The predicted octanol–water partition coefficient (Wildman–Crippen LogP) is 1.84. The Balaban J connectivity index is 1.80. The van der Waals surface area contributed by atoms with Gasteiger partial charge in [-0.3, -0.25) is 0 Å². The molecule has 3 rings (SSSR count). The SMILES string of the molecule is [2H]C([2H])(C)Oc1ccc(Cc2cc(C3O[C@H](CO)[C@@H](O)[C@H](O)[C@H]3O)ccc2Cl)cc1. The van der Waals surface area contributed by atoms with Crippen molar-refractivity contribution in [2.24, 2.45) is 0 Å². The molecule has 28 heavy (non-hydrogen) atoms. The quantitative estimate of drug-likeness (QED) is 0.580. The lowest BCUT2D eigenvalue weighted by Gasteiger charge is -2.40. The molecule has 1 saturated heterocycles. The van der Waals surface area contributed by atoms with Gasteiger partial charge in [0.15, 0.2) is 0 Å². The van der Waals surface area contributed by atoms with E-state index < -0.39 is 43.7 Å². The fourth-order valence-electron chi connectivity index (χ4n) is 3.30. The topological polar surface area (TPSA) is 99.4 Å². The van der Waals surface area contributed by atoms with Gasteiger partial charge in [-0.25, -0.2) is 0 Å². The summed E-state index contributed by atoms with van der Waals surface area (Å²) in [4.78, 5) is 0. The Hall–Kier alpha value is -1.67. The molecule has 1 unspecified atom stereocenters. The fourth-order valence-corrected chi connectivity index (χ4v) is 3.48. The van der Waals surface area contributed by atoms with Crippen molar-refractivity contribution in [2.45, 2.75) is 43.9 Å². The molecule has 2 aromatic rings. The molecule has 2 aromatic carbocycles. The number of halogens is 1. The molecular formula is C21H25ClO6. The molecule has 0 spiro atoms. The van der Waals surface area contributed by atoms with Crippen LogP contribution in [0.15, 0.2) is 42.5 Å². The smallest absolute Gasteiger partial charge is 0.119 e. The molecule has 0 aromatic heterocycles. The second-order valence-electron chi connectivity index (χ2n) is 6.73. The Labute approximate surface area is 171 Å². The molecule has 0 aliphatic carbocycles. The van der Waals surface area contributed by atoms with Crippen molar-refractivity contribution in [3.05, 3.63) is 64.2 Å². The van der Waals surface area contributed by atoms with Crippen LogP contribution >= 0.6 is 11.6 Å². The number of rotatable bonds is 6. The zero-order chi connectivity index (χ0) is 22.1. The van der Waals surface area contributed by atoms with E-state index >= 15 is 0 Å². The molecular weight excluding hydrogens is 384 g/mol. The van der Waals surface area contributed by atoms with Gasteiger partial charge in [0.05, 0.1) is 15.9 Å². The van der Waals surface area contributed by atoms with Crippen molar-refractivity contribution < 1.29 is 32.6 Å². The van der Waals surface area contributed by atoms with E-state index in [0.717, 1.165) is 11.1 Å². The fraction of sp³-hybridized carbons (Fsp3) is 0.429. The zero-order valence-electron chi connectivity index (χ0n) is 17.3. The van der Waals surface area contributed by atoms with Crippen LogP contribution in [0.1, 0.15) is 32.5 Å². The summed E-state index contributed by atoms with van der Waals surface area (Å²) in [5, 5.41) is 40.2. The minimum absolute atomic E-state index is 0.410. The molecule has 0 radical (unpaired) electrons. The van der Waals surface area contributed by atoms with Gasteiger partial charge in [-0.05, 0) is 48.2 Å². The van der Waals surface area contributed by atoms with E-state index in [1.807, 2.05) is 0 Å². The van der Waals surface area contributed by atoms with Crippen molar-refractivity contribution in [3.63, 3.8) is 0 Å². The number of benzene rings is 2. The zero-order valence-corrected chi connectivity index (χ0v) is 16.1. The maximum atomic E-state index is 10.4. The Kier molecular flexibility index (Phi) is 6.05. The minimum atomic E-state index is -1.77. The second kappa shape index (κ2) is 9.22. The molecule has 0 amide bonds. The van der Waals surface area contributed by atoms with Gasteiger partial charge in [-0.1, -0.05) is 35.9 Å². The van der Waals surface area contributed by atoms with E-state index in [-0.39, 0.29) is 0 Å². The molecule has 1 aliphatic rings. The Morgan fingerprint density at radius 1 is 1.07 bits per heavy atom. The number of ether oxygens (including phenoxy) is 2. The van der Waals surface area contributed by atoms with E-state index in [1.165, 1.54) is 6.92 Å². The summed E-state index contributed by atoms with van der Waals surface area (Å²) in [6, 6.07) is 12.0. The lowest BCUT2D eigenvalue weighted by molar-refractivity contribution is -0.231. The van der Waals surface area contributed by atoms with Crippen LogP contribution in [0.2, 0.25) is 5.02 Å². The number of aliphatic hydroxyl groups excluding tert-OH is 4. The van der Waals surface area contributed by atoms with Gasteiger partial charge < -0.3 is 29.9 Å². The third-order valence-corrected chi connectivity index (χ3v) is 5.20. The van der Waals surface area contributed by atoms with Crippen LogP contribution in [0.5, 0.6) is 5.75 Å². The first-order valence-electron chi connectivity index (χ1n) is 9.96. The Bertz CT molecular complexity index is 856. The summed E-state index contributed by atoms with van der Waals surface area (Å²) in [6.45, 7) is -0.943. The van der Waals surface area contributed by atoms with Crippen LogP contribution in [-0.4, -0.2) is 58.0 Å². The molecule has 1 aliphatic heterocycles. The minimum Gasteiger partial charge on any atom is -0.494 e. The summed E-state index contributed by atoms with van der Waals surface area (Å²) in [6.07, 6.45) is -5.68. The van der Waals surface area contributed by atoms with Crippen molar-refractivity contribution in [3.8, 4) is 5.75 Å². The first-order valence-corrected chi connectivity index (χ1v) is 9.33. The summed E-state index contributed by atoms with van der Waals surface area (Å²) >= 11 is 6.34. The molecule has 0 bridgehead atoms. The summed E-state index contributed by atoms with van der Waals surface area (Å²) in [5.74, 6) is 0.410. The van der Waals surface area contributed by atoms with E-state index in [9.17, 15) is 20.4 Å². The van der Waals surface area contributed by atoms with Crippen molar-refractivity contribution in [2.75, 3.05) is 13.2 Å². The summed E-state index contributed by atoms with van der Waals surface area (Å²) < 4.78 is 25.7. The monoisotopic (exact) mass is 410 g/mol. The predicted molar refractivity (Wildman–Crippen MR) is 105 cm³/mol. The standard InChI is InChI=1S/C21H25ClO6/c1-2-27-15-6-3-12(4-7-15)9-14-10-13(5-8-16(14)22)21-20(26)19(25)18(24)17(11-23)28-21/h3-8,10,17-21,23-26H,2,9,11H2,1H3/t17-,18-,19+,20-,21?/m1/s1/i2D2. The molecule has 0 saturated carbocycles. The third-order valence-electron chi connectivity index (χ3n) is 4.83. The van der Waals surface area contributed by atoms with Crippen LogP contribution < -0.4 is 4.74 Å². The maximum Gasteiger partial charge on any atom is 0.119 e. The lowest BCUT2D eigenvalue weighted by Crippen LogP contribution is -2.55. The highest BCUT2D eigenvalue weighted by molar-refractivity contribution is 6.31. The van der Waals surface area contributed by atoms with Crippen molar-refractivity contribution >= 4 is 11.6 Å². The summed E-state index contributed by atoms with van der Waals surface area (Å²) in [7, 11) is 0. The molecule has 4 N–H and O–H groups in total. The number of aliphatic hydroxyl groups is 4. The third kappa shape index (κ3) is 4.49. The first-order chi connectivity index (χ1) is 14.1. The van der Waals surface area contributed by atoms with Gasteiger partial charge in [0.2, 0.25) is 0 Å². The van der Waals surface area contributed by atoms with Gasteiger partial charge in [0.25, 0.3) is 0 Å². The Morgan fingerprint density at radius 3 is 2.43 bits per heavy atom. The molecule has 1 heterocycles. The van der Waals surface area contributed by atoms with E-state index in [1.54, 1.807) is 42.5 Å². The molecule has 1 fully saturated rings. The van der Waals surface area contributed by atoms with E-state index in [2.05, 4.69) is 0 Å². The normalized spacial score (nSPS) is 29.1. The van der Waals surface area contributed by atoms with Crippen molar-refractivity contribution in [1.29, 1.82) is 0 Å². The van der Waals surface area contributed by atoms with Crippen LogP contribution in [0.3, 0.4) is 0 Å². The lowest BCUT2D eigenvalue weighted by atomic mass is 9.90. The first kappa shape index (κ1) is 18.4. The Morgan fingerprint density at radius 2 is 1.79 bits per heavy atom. The highest BCUT2D eigenvalue weighted by atomic mass is 35.5. The van der Waals surface area contributed by atoms with Crippen LogP contribution in [0.4, 0.5) is 0 Å². The largest absolute Gasteiger partial charge is 0.494 e. The van der Waals surface area contributed by atoms with Gasteiger partial charge in [-0.15, -0.1) is 0 Å². The van der Waals surface area contributed by atoms with Gasteiger partial charge in [-0.2, -0.15) is 0 Å². The van der Waals surface area contributed by atoms with E-state index in [0.29, 0.717) is 22.8 Å². The van der Waals surface area contributed by atoms with Crippen LogP contribution in [0, 0.1) is 0 Å². The van der Waals surface area contributed by atoms with Crippen LogP contribution in [-0.2, 0) is 11.2 Å². The number of hydrogen-bond acceptors (Lipinski definition) is 6. The van der Waals surface area contributed by atoms with Gasteiger partial charge >= 0.3 is 0 Å². The molecule has 7 heteroatoms. The van der Waals surface area contributed by atoms with Crippen LogP contribution in [0.25, 0.3) is 0 Å². The second-order valence-corrected chi connectivity index (χ2v) is 7.13. The highest BCUT2D eigenvalue weighted by Gasteiger charge is 2.43. The maximum absolute atomic E-state index is 10.4. The van der Waals surface area contributed by atoms with Gasteiger partial charge in [0.1, 0.15) is 36.3 Å². The van der Waals surface area contributed by atoms with Gasteiger partial charge in [0, 0.05) is 5.02 Å². The van der Waals surface area contributed by atoms with Crippen molar-refractivity contribution in [1.82, 2.24) is 0 Å². The number of hydrogen-bond donors (Lipinski definition) is 4. The highest BCUT2D eigenvalue weighted by Crippen LogP contribution is 2.34. The molecule has 5 atom stereocenters. The average Bonchev–Trinajstić information content (AvgIpc) is 2.69. The van der Waals surface area contributed by atoms with E-state index in [4.69, 9.17) is 23.8 Å². The molecule has 6 nitrogen and oxygen atoms in total. The molecule has 152 valence electrons. The summed E-state index contributed by atoms with van der Waals surface area (Å²) in [5.41, 5.74) is 2.22. The average molecular weight is 411 g/mol.